The number of hydrogen-bond acceptors (Lipinski definition) is 6. The van der Waals surface area contributed by atoms with E-state index in [1.54, 1.807) is 12.1 Å². The molecule has 0 saturated carbocycles. The standard InChI is InChI=1S/C23H27F3N6O.2ClH/c1-14(2)33-20-9-8-18(32-22(23(24,25)26)29-30-31-32)12-17(20)10-15-11-19(27)21(28-13-15)16-6-4-3-5-7-16;;/h3-9,12,14-15,19,21,28H,10-11,13,27H2,1-2H3;2*1H/t15?,19-,21-;;/m0../s1. The van der Waals surface area contributed by atoms with Crippen molar-refractivity contribution in [1.29, 1.82) is 0 Å². The van der Waals surface area contributed by atoms with Crippen molar-refractivity contribution in [3.63, 3.8) is 0 Å². The van der Waals surface area contributed by atoms with Gasteiger partial charge in [-0.25, -0.2) is 0 Å². The van der Waals surface area contributed by atoms with Crippen molar-refractivity contribution >= 4 is 24.8 Å². The number of rotatable bonds is 6. The van der Waals surface area contributed by atoms with Gasteiger partial charge in [-0.1, -0.05) is 30.3 Å². The molecule has 0 aliphatic carbocycles. The maximum atomic E-state index is 13.3. The lowest BCUT2D eigenvalue weighted by atomic mass is 9.84. The van der Waals surface area contributed by atoms with Crippen LogP contribution in [0, 0.1) is 5.92 Å². The van der Waals surface area contributed by atoms with E-state index in [-0.39, 0.29) is 54.6 Å². The van der Waals surface area contributed by atoms with Crippen LogP contribution in [0.5, 0.6) is 5.75 Å². The summed E-state index contributed by atoms with van der Waals surface area (Å²) in [6.07, 6.45) is -3.37. The fourth-order valence-corrected chi connectivity index (χ4v) is 4.31. The summed E-state index contributed by atoms with van der Waals surface area (Å²) in [5.74, 6) is -0.340. The molecule has 12 heteroatoms. The number of alkyl halides is 3. The molecule has 1 aliphatic rings. The Bertz CT molecular complexity index is 1080. The Hall–Kier alpha value is -2.40. The zero-order chi connectivity index (χ0) is 23.6. The van der Waals surface area contributed by atoms with Crippen LogP contribution in [0.1, 0.15) is 43.3 Å². The van der Waals surface area contributed by atoms with Gasteiger partial charge in [-0.2, -0.15) is 17.9 Å². The molecular weight excluding hydrogens is 504 g/mol. The number of aromatic nitrogens is 4. The summed E-state index contributed by atoms with van der Waals surface area (Å²) in [6.45, 7) is 4.55. The average molecular weight is 533 g/mol. The number of nitrogens with two attached hydrogens (primary N) is 1. The Labute approximate surface area is 214 Å². The maximum absolute atomic E-state index is 13.3. The predicted molar refractivity (Wildman–Crippen MR) is 131 cm³/mol. The summed E-state index contributed by atoms with van der Waals surface area (Å²) < 4.78 is 46.6. The van der Waals surface area contributed by atoms with Crippen LogP contribution in [-0.4, -0.2) is 38.9 Å². The highest BCUT2D eigenvalue weighted by molar-refractivity contribution is 5.85. The number of hydrogen-bond donors (Lipinski definition) is 2. The smallest absolute Gasteiger partial charge is 0.453 e. The number of piperidine rings is 1. The first-order valence-corrected chi connectivity index (χ1v) is 10.9. The highest BCUT2D eigenvalue weighted by Gasteiger charge is 2.38. The molecule has 3 N–H and O–H groups in total. The van der Waals surface area contributed by atoms with E-state index in [1.807, 2.05) is 32.0 Å². The number of ether oxygens (including phenoxy) is 1. The molecule has 3 aromatic rings. The van der Waals surface area contributed by atoms with Crippen molar-refractivity contribution < 1.29 is 17.9 Å². The lowest BCUT2D eigenvalue weighted by Crippen LogP contribution is -2.47. The van der Waals surface area contributed by atoms with Gasteiger partial charge in [-0.3, -0.25) is 0 Å². The second-order valence-electron chi connectivity index (χ2n) is 8.64. The van der Waals surface area contributed by atoms with Gasteiger partial charge in [-0.05, 0) is 78.9 Å². The molecule has 2 heterocycles. The quantitative estimate of drug-likeness (QED) is 0.484. The SMILES string of the molecule is CC(C)Oc1ccc(-n2nnnc2C(F)(F)F)cc1CC1CN[C@@H](c2ccccc2)[C@@H](N)C1.Cl.Cl. The van der Waals surface area contributed by atoms with Crippen molar-refractivity contribution in [3.05, 3.63) is 65.5 Å². The fraction of sp³-hybridized carbons (Fsp3) is 0.435. The molecule has 1 unspecified atom stereocenters. The Morgan fingerprint density at radius 1 is 1.14 bits per heavy atom. The summed E-state index contributed by atoms with van der Waals surface area (Å²) in [5, 5.41) is 13.4. The average Bonchev–Trinajstić information content (AvgIpc) is 3.26. The van der Waals surface area contributed by atoms with E-state index in [2.05, 4.69) is 33.0 Å². The summed E-state index contributed by atoms with van der Waals surface area (Å²) in [4.78, 5) is 0. The third-order valence-electron chi connectivity index (χ3n) is 5.70. The number of halogens is 5. The lowest BCUT2D eigenvalue weighted by molar-refractivity contribution is -0.146. The normalized spacial score (nSPS) is 20.1. The Kier molecular flexibility index (Phi) is 9.91. The van der Waals surface area contributed by atoms with Crippen molar-refractivity contribution in [1.82, 2.24) is 25.5 Å². The molecule has 2 aromatic carbocycles. The topological polar surface area (TPSA) is 90.9 Å². The van der Waals surface area contributed by atoms with Gasteiger partial charge >= 0.3 is 6.18 Å². The molecule has 1 aromatic heterocycles. The first-order chi connectivity index (χ1) is 15.7. The summed E-state index contributed by atoms with van der Waals surface area (Å²) >= 11 is 0. The minimum absolute atomic E-state index is 0. The first kappa shape index (κ1) is 28.8. The molecule has 3 atom stereocenters. The van der Waals surface area contributed by atoms with Crippen LogP contribution in [0.4, 0.5) is 13.2 Å². The van der Waals surface area contributed by atoms with E-state index in [4.69, 9.17) is 10.5 Å². The van der Waals surface area contributed by atoms with Gasteiger partial charge in [0.15, 0.2) is 0 Å². The largest absolute Gasteiger partial charge is 0.491 e. The molecule has 7 nitrogen and oxygen atoms in total. The maximum Gasteiger partial charge on any atom is 0.453 e. The molecule has 1 aliphatic heterocycles. The summed E-state index contributed by atoms with van der Waals surface area (Å²) in [7, 11) is 0. The lowest BCUT2D eigenvalue weighted by Gasteiger charge is -2.36. The van der Waals surface area contributed by atoms with Gasteiger partial charge in [0.1, 0.15) is 5.75 Å². The molecule has 1 saturated heterocycles. The van der Waals surface area contributed by atoms with Gasteiger partial charge in [0.05, 0.1) is 11.8 Å². The van der Waals surface area contributed by atoms with Crippen LogP contribution in [0.3, 0.4) is 0 Å². The second kappa shape index (κ2) is 12.0. The van der Waals surface area contributed by atoms with Crippen molar-refractivity contribution in [3.8, 4) is 11.4 Å². The van der Waals surface area contributed by atoms with Gasteiger partial charge in [-0.15, -0.1) is 29.9 Å². The zero-order valence-electron chi connectivity index (χ0n) is 19.3. The molecule has 4 rings (SSSR count). The minimum Gasteiger partial charge on any atom is -0.491 e. The van der Waals surface area contributed by atoms with Gasteiger partial charge in [0, 0.05) is 12.1 Å². The second-order valence-corrected chi connectivity index (χ2v) is 8.64. The zero-order valence-corrected chi connectivity index (χ0v) is 20.9. The molecule has 1 fully saturated rings. The fourth-order valence-electron chi connectivity index (χ4n) is 4.31. The molecule has 0 bridgehead atoms. The summed E-state index contributed by atoms with van der Waals surface area (Å²) in [6, 6.07) is 14.9. The van der Waals surface area contributed by atoms with Crippen LogP contribution in [0.25, 0.3) is 5.69 Å². The van der Waals surface area contributed by atoms with E-state index in [1.165, 1.54) is 6.07 Å². The van der Waals surface area contributed by atoms with Gasteiger partial charge < -0.3 is 15.8 Å². The van der Waals surface area contributed by atoms with Crippen LogP contribution >= 0.6 is 24.8 Å². The monoisotopic (exact) mass is 532 g/mol. The van der Waals surface area contributed by atoms with E-state index in [0.29, 0.717) is 16.9 Å². The van der Waals surface area contributed by atoms with E-state index in [0.717, 1.165) is 24.1 Å². The highest BCUT2D eigenvalue weighted by Crippen LogP contribution is 2.33. The number of nitrogens with zero attached hydrogens (tertiary/aromatic N) is 4. The third kappa shape index (κ3) is 6.84. The van der Waals surface area contributed by atoms with Gasteiger partial charge in [0.2, 0.25) is 0 Å². The third-order valence-corrected chi connectivity index (χ3v) is 5.70. The van der Waals surface area contributed by atoms with Crippen LogP contribution in [0.2, 0.25) is 0 Å². The van der Waals surface area contributed by atoms with E-state index >= 15 is 0 Å². The Morgan fingerprint density at radius 2 is 1.86 bits per heavy atom. The summed E-state index contributed by atoms with van der Waals surface area (Å²) in [5.41, 5.74) is 8.67. The Balaban J connectivity index is 0.00000216. The number of benzene rings is 2. The van der Waals surface area contributed by atoms with Crippen LogP contribution < -0.4 is 15.8 Å². The van der Waals surface area contributed by atoms with Crippen molar-refractivity contribution in [2.24, 2.45) is 11.7 Å². The Morgan fingerprint density at radius 3 is 2.49 bits per heavy atom. The van der Waals surface area contributed by atoms with Gasteiger partial charge in [0.25, 0.3) is 5.82 Å². The molecule has 0 spiro atoms. The molecule has 35 heavy (non-hydrogen) atoms. The van der Waals surface area contributed by atoms with Crippen LogP contribution in [0.15, 0.2) is 48.5 Å². The predicted octanol–water partition coefficient (Wildman–Crippen LogP) is 4.53. The number of tetrazole rings is 1. The molecule has 0 radical (unpaired) electrons. The van der Waals surface area contributed by atoms with E-state index in [9.17, 15) is 13.2 Å². The molecule has 0 amide bonds. The highest BCUT2D eigenvalue weighted by atomic mass is 35.5. The molecular formula is C23H29Cl2F3N6O. The van der Waals surface area contributed by atoms with Crippen LogP contribution in [-0.2, 0) is 12.6 Å². The van der Waals surface area contributed by atoms with Crippen molar-refractivity contribution in [2.75, 3.05) is 6.54 Å². The first-order valence-electron chi connectivity index (χ1n) is 10.9. The number of nitrogens with one attached hydrogen (secondary N) is 1. The van der Waals surface area contributed by atoms with Crippen molar-refractivity contribution in [2.45, 2.75) is 51.1 Å². The van der Waals surface area contributed by atoms with E-state index < -0.39 is 12.0 Å². The minimum atomic E-state index is -4.66. The molecule has 192 valence electrons.